The van der Waals surface area contributed by atoms with Gasteiger partial charge in [0.15, 0.2) is 0 Å². The highest BCUT2D eigenvalue weighted by atomic mass is 16.6. The van der Waals surface area contributed by atoms with E-state index in [-0.39, 0.29) is 10.6 Å². The maximum Gasteiger partial charge on any atom is 0.296 e. The van der Waals surface area contributed by atoms with Crippen LogP contribution in [0.2, 0.25) is 0 Å². The number of rotatable bonds is 2. The maximum atomic E-state index is 10.9. The molecular weight excluding hydrogens is 196 g/mol. The fourth-order valence-electron chi connectivity index (χ4n) is 1.81. The van der Waals surface area contributed by atoms with Crippen LogP contribution in [0, 0.1) is 10.1 Å². The molecule has 0 unspecified atom stereocenters. The number of nitro groups is 1. The van der Waals surface area contributed by atoms with E-state index in [1.807, 2.05) is 6.07 Å². The molecule has 0 saturated carbocycles. The molecule has 5 heteroatoms. The number of hydrogen-bond acceptors (Lipinski definition) is 4. The van der Waals surface area contributed by atoms with Gasteiger partial charge in [-0.1, -0.05) is 0 Å². The smallest absolute Gasteiger partial charge is 0.296 e. The van der Waals surface area contributed by atoms with Crippen molar-refractivity contribution >= 4 is 11.4 Å². The third-order valence-electron chi connectivity index (χ3n) is 2.53. The molecule has 5 nitrogen and oxygen atoms in total. The minimum Gasteiger partial charge on any atom is -0.496 e. The molecule has 0 radical (unpaired) electrons. The first-order valence-corrected chi connectivity index (χ1v) is 4.81. The fourth-order valence-corrected chi connectivity index (χ4v) is 1.81. The summed E-state index contributed by atoms with van der Waals surface area (Å²) in [6.07, 6.45) is 1.86. The van der Waals surface area contributed by atoms with Gasteiger partial charge >= 0.3 is 0 Å². The molecule has 0 aromatic heterocycles. The Morgan fingerprint density at radius 3 is 3.00 bits per heavy atom. The Kier molecular flexibility index (Phi) is 2.45. The van der Waals surface area contributed by atoms with Crippen LogP contribution in [0.25, 0.3) is 0 Å². The van der Waals surface area contributed by atoms with Gasteiger partial charge < -0.3 is 10.1 Å². The largest absolute Gasteiger partial charge is 0.496 e. The second-order valence-corrected chi connectivity index (χ2v) is 3.47. The highest BCUT2D eigenvalue weighted by molar-refractivity contribution is 5.69. The van der Waals surface area contributed by atoms with E-state index in [9.17, 15) is 10.1 Å². The van der Waals surface area contributed by atoms with Crippen molar-refractivity contribution < 1.29 is 9.66 Å². The van der Waals surface area contributed by atoms with Crippen LogP contribution in [0.15, 0.2) is 12.1 Å². The summed E-state index contributed by atoms with van der Waals surface area (Å²) in [5.41, 5.74) is 1.71. The van der Waals surface area contributed by atoms with Crippen LogP contribution in [0.3, 0.4) is 0 Å². The Labute approximate surface area is 87.2 Å². The third-order valence-corrected chi connectivity index (χ3v) is 2.53. The molecule has 1 aliphatic heterocycles. The van der Waals surface area contributed by atoms with Gasteiger partial charge in [0.1, 0.15) is 11.4 Å². The number of aryl methyl sites for hydroxylation is 1. The first-order chi connectivity index (χ1) is 7.22. The molecule has 1 heterocycles. The molecule has 0 saturated heterocycles. The molecule has 1 aromatic carbocycles. The van der Waals surface area contributed by atoms with Crippen molar-refractivity contribution in [3.8, 4) is 5.75 Å². The van der Waals surface area contributed by atoms with Crippen LogP contribution in [-0.2, 0) is 6.42 Å². The van der Waals surface area contributed by atoms with Gasteiger partial charge in [-0.3, -0.25) is 10.1 Å². The van der Waals surface area contributed by atoms with Gasteiger partial charge in [0.2, 0.25) is 0 Å². The number of nitro benzene ring substituents is 1. The van der Waals surface area contributed by atoms with Gasteiger partial charge in [-0.25, -0.2) is 0 Å². The molecule has 1 aromatic rings. The molecule has 2 rings (SSSR count). The summed E-state index contributed by atoms with van der Waals surface area (Å²) in [6, 6.07) is 3.31. The lowest BCUT2D eigenvalue weighted by atomic mass is 10.0. The highest BCUT2D eigenvalue weighted by Gasteiger charge is 2.21. The first-order valence-electron chi connectivity index (χ1n) is 4.81. The lowest BCUT2D eigenvalue weighted by Crippen LogP contribution is -2.13. The van der Waals surface area contributed by atoms with Crippen molar-refractivity contribution in [1.82, 2.24) is 0 Å². The van der Waals surface area contributed by atoms with Crippen molar-refractivity contribution in [1.29, 1.82) is 0 Å². The number of fused-ring (bicyclic) bond motifs is 1. The molecule has 0 spiro atoms. The second-order valence-electron chi connectivity index (χ2n) is 3.47. The van der Waals surface area contributed by atoms with Crippen LogP contribution in [0.5, 0.6) is 5.75 Å². The second kappa shape index (κ2) is 3.76. The van der Waals surface area contributed by atoms with Crippen LogP contribution in [0.4, 0.5) is 11.4 Å². The van der Waals surface area contributed by atoms with E-state index in [2.05, 4.69) is 5.32 Å². The molecule has 0 fully saturated rings. The Bertz CT molecular complexity index is 404. The van der Waals surface area contributed by atoms with Crippen molar-refractivity contribution in [2.75, 3.05) is 19.0 Å². The minimum absolute atomic E-state index is 0.101. The van der Waals surface area contributed by atoms with E-state index in [0.29, 0.717) is 11.4 Å². The molecule has 15 heavy (non-hydrogen) atoms. The van der Waals surface area contributed by atoms with Crippen LogP contribution in [-0.4, -0.2) is 18.6 Å². The molecule has 0 aliphatic carbocycles. The highest BCUT2D eigenvalue weighted by Crippen LogP contribution is 2.35. The van der Waals surface area contributed by atoms with Crippen LogP contribution in [0.1, 0.15) is 12.0 Å². The number of methoxy groups -OCH3 is 1. The number of benzene rings is 1. The zero-order valence-corrected chi connectivity index (χ0v) is 8.45. The summed E-state index contributed by atoms with van der Waals surface area (Å²) in [5, 5.41) is 13.9. The monoisotopic (exact) mass is 208 g/mol. The van der Waals surface area contributed by atoms with Crippen molar-refractivity contribution in [2.24, 2.45) is 0 Å². The molecule has 1 aliphatic rings. The molecule has 0 amide bonds. The number of ether oxygens (including phenoxy) is 1. The van der Waals surface area contributed by atoms with Crippen molar-refractivity contribution in [3.63, 3.8) is 0 Å². The van der Waals surface area contributed by atoms with Gasteiger partial charge in [0, 0.05) is 6.54 Å². The van der Waals surface area contributed by atoms with Gasteiger partial charge in [-0.05, 0) is 24.5 Å². The summed E-state index contributed by atoms with van der Waals surface area (Å²) >= 11 is 0. The predicted molar refractivity (Wildman–Crippen MR) is 56.5 cm³/mol. The maximum absolute atomic E-state index is 10.9. The zero-order valence-electron chi connectivity index (χ0n) is 8.45. The normalized spacial score (nSPS) is 13.9. The van der Waals surface area contributed by atoms with Crippen molar-refractivity contribution in [2.45, 2.75) is 12.8 Å². The molecule has 80 valence electrons. The van der Waals surface area contributed by atoms with Crippen molar-refractivity contribution in [3.05, 3.63) is 27.8 Å². The molecular formula is C10H12N2O3. The number of hydrogen-bond donors (Lipinski definition) is 1. The summed E-state index contributed by atoms with van der Waals surface area (Å²) in [5.74, 6) is 0.546. The molecule has 0 bridgehead atoms. The van der Waals surface area contributed by atoms with E-state index >= 15 is 0 Å². The SMILES string of the molecule is COc1cc2c(c([N+](=O)[O-])c1)NCCC2. The number of anilines is 1. The first kappa shape index (κ1) is 9.76. The topological polar surface area (TPSA) is 64.4 Å². The summed E-state index contributed by atoms with van der Waals surface area (Å²) in [7, 11) is 1.52. The number of nitrogens with zero attached hydrogens (tertiary/aromatic N) is 1. The standard InChI is InChI=1S/C10H12N2O3/c1-15-8-5-7-3-2-4-11-10(7)9(6-8)12(13)14/h5-6,11H,2-4H2,1H3. The van der Waals surface area contributed by atoms with Gasteiger partial charge in [-0.2, -0.15) is 0 Å². The zero-order chi connectivity index (χ0) is 10.8. The Morgan fingerprint density at radius 1 is 1.53 bits per heavy atom. The van der Waals surface area contributed by atoms with E-state index in [0.717, 1.165) is 24.9 Å². The van der Waals surface area contributed by atoms with E-state index in [1.165, 1.54) is 13.2 Å². The summed E-state index contributed by atoms with van der Waals surface area (Å²) in [4.78, 5) is 10.5. The minimum atomic E-state index is -0.375. The van der Waals surface area contributed by atoms with Gasteiger partial charge in [0.05, 0.1) is 18.1 Å². The Morgan fingerprint density at radius 2 is 2.33 bits per heavy atom. The average Bonchev–Trinajstić information content (AvgIpc) is 2.27. The fraction of sp³-hybridized carbons (Fsp3) is 0.400. The van der Waals surface area contributed by atoms with Crippen LogP contribution >= 0.6 is 0 Å². The van der Waals surface area contributed by atoms with E-state index in [4.69, 9.17) is 4.74 Å². The predicted octanol–water partition coefficient (Wildman–Crippen LogP) is 1.96. The van der Waals surface area contributed by atoms with Gasteiger partial charge in [0.25, 0.3) is 5.69 Å². The van der Waals surface area contributed by atoms with Gasteiger partial charge in [-0.15, -0.1) is 0 Å². The molecule has 0 atom stereocenters. The molecule has 1 N–H and O–H groups in total. The third kappa shape index (κ3) is 1.72. The Balaban J connectivity index is 2.55. The number of nitrogens with one attached hydrogen (secondary N) is 1. The lowest BCUT2D eigenvalue weighted by molar-refractivity contribution is -0.384. The average molecular weight is 208 g/mol. The Hall–Kier alpha value is -1.78. The van der Waals surface area contributed by atoms with E-state index in [1.54, 1.807) is 0 Å². The van der Waals surface area contributed by atoms with E-state index < -0.39 is 0 Å². The summed E-state index contributed by atoms with van der Waals surface area (Å²) in [6.45, 7) is 0.792. The van der Waals surface area contributed by atoms with Crippen LogP contribution < -0.4 is 10.1 Å². The lowest BCUT2D eigenvalue weighted by Gasteiger charge is -2.18. The summed E-state index contributed by atoms with van der Waals surface area (Å²) < 4.78 is 5.04. The quantitative estimate of drug-likeness (QED) is 0.596.